The fourth-order valence-corrected chi connectivity index (χ4v) is 4.94. The van der Waals surface area contributed by atoms with E-state index in [1.165, 1.54) is 0 Å². The van der Waals surface area contributed by atoms with Crippen molar-refractivity contribution in [2.45, 2.75) is 73.6 Å². The highest BCUT2D eigenvalue weighted by atomic mass is 16.4. The molecule has 4 aliphatic heterocycles. The summed E-state index contributed by atoms with van der Waals surface area (Å²) in [7, 11) is 0. The summed E-state index contributed by atoms with van der Waals surface area (Å²) >= 11 is 0. The summed E-state index contributed by atoms with van der Waals surface area (Å²) in [5, 5.41) is 75.2. The van der Waals surface area contributed by atoms with Crippen LogP contribution in [0.5, 0.6) is 0 Å². The minimum Gasteiger partial charge on any atom is -0.395 e. The minimum atomic E-state index is -0.940. The summed E-state index contributed by atoms with van der Waals surface area (Å²) in [4.78, 5) is 3.58. The zero-order valence-electron chi connectivity index (χ0n) is 14.5. The molecule has 0 aromatic rings. The molecule has 4 heterocycles. The first kappa shape index (κ1) is 20.3. The van der Waals surface area contributed by atoms with Gasteiger partial charge in [-0.25, -0.2) is 0 Å². The Morgan fingerprint density at radius 3 is 1.23 bits per heavy atom. The molecule has 4 fully saturated rings. The van der Waals surface area contributed by atoms with E-state index >= 15 is 0 Å². The maximum absolute atomic E-state index is 9.58. The molecule has 0 bridgehead atoms. The molecule has 4 aliphatic rings. The van der Waals surface area contributed by atoms with Gasteiger partial charge in [0.05, 0.1) is 74.0 Å². The first-order valence-electron chi connectivity index (χ1n) is 9.15. The predicted octanol–water partition coefficient (Wildman–Crippen LogP) is -4.96. The van der Waals surface area contributed by atoms with Crippen LogP contribution in [0.3, 0.4) is 0 Å². The molecule has 10 nitrogen and oxygen atoms in total. The maximum Gasteiger partial charge on any atom is 0.0995 e. The molecular formula is C16H30N2O8. The van der Waals surface area contributed by atoms with Crippen molar-refractivity contribution in [1.29, 1.82) is 0 Å². The van der Waals surface area contributed by atoms with E-state index in [0.717, 1.165) is 0 Å². The van der Waals surface area contributed by atoms with E-state index in [2.05, 4.69) is 0 Å². The molecule has 0 aliphatic carbocycles. The van der Waals surface area contributed by atoms with Gasteiger partial charge in [0.15, 0.2) is 0 Å². The molecular weight excluding hydrogens is 348 g/mol. The fraction of sp³-hybridized carbons (Fsp3) is 1.00. The quantitative estimate of drug-likeness (QED) is 0.233. The average molecular weight is 378 g/mol. The Balaban J connectivity index is 0.000000151. The van der Waals surface area contributed by atoms with Gasteiger partial charge in [-0.3, -0.25) is 9.80 Å². The van der Waals surface area contributed by atoms with Crippen LogP contribution in [-0.2, 0) is 0 Å². The van der Waals surface area contributed by atoms with E-state index in [0.29, 0.717) is 25.9 Å². The normalized spacial score (nSPS) is 51.2. The van der Waals surface area contributed by atoms with Gasteiger partial charge in [-0.2, -0.15) is 0 Å². The van der Waals surface area contributed by atoms with Crippen molar-refractivity contribution in [3.63, 3.8) is 0 Å². The van der Waals surface area contributed by atoms with Crippen LogP contribution >= 0.6 is 0 Å². The van der Waals surface area contributed by atoms with Gasteiger partial charge < -0.3 is 40.9 Å². The molecule has 10 heteroatoms. The zero-order valence-corrected chi connectivity index (χ0v) is 14.5. The number of aliphatic hydroxyl groups excluding tert-OH is 8. The highest BCUT2D eigenvalue weighted by molar-refractivity contribution is 5.07. The van der Waals surface area contributed by atoms with Gasteiger partial charge in [0.1, 0.15) is 0 Å². The summed E-state index contributed by atoms with van der Waals surface area (Å²) < 4.78 is 0. The van der Waals surface area contributed by atoms with Crippen molar-refractivity contribution in [3.8, 4) is 0 Å². The van der Waals surface area contributed by atoms with Crippen molar-refractivity contribution < 1.29 is 40.9 Å². The monoisotopic (exact) mass is 378 g/mol. The Labute approximate surface area is 151 Å². The SMILES string of the molecule is OCC1C(O)C(O)C2C(O)CCN12.OCC1C(O)C(O)C2C(O)CCN12. The standard InChI is InChI=1S/2C8H15NO4/c2*10-3-4-7(12)8(13)6-5(11)1-2-9(4)6/h2*4-8,10-13H,1-3H2. The molecule has 0 aromatic heterocycles. The number of hydrogen-bond donors (Lipinski definition) is 8. The Hall–Kier alpha value is -0.400. The van der Waals surface area contributed by atoms with Crippen molar-refractivity contribution >= 4 is 0 Å². The summed E-state index contributed by atoms with van der Waals surface area (Å²) in [5.41, 5.74) is 0. The largest absolute Gasteiger partial charge is 0.395 e. The second-order valence-corrected chi connectivity index (χ2v) is 7.63. The van der Waals surface area contributed by atoms with Crippen LogP contribution in [0.25, 0.3) is 0 Å². The Morgan fingerprint density at radius 1 is 0.577 bits per heavy atom. The molecule has 152 valence electrons. The molecule has 26 heavy (non-hydrogen) atoms. The van der Waals surface area contributed by atoms with Crippen LogP contribution < -0.4 is 0 Å². The molecule has 8 N–H and O–H groups in total. The molecule has 0 spiro atoms. The molecule has 10 unspecified atom stereocenters. The zero-order chi connectivity index (χ0) is 19.2. The molecule has 4 rings (SSSR count). The second kappa shape index (κ2) is 7.92. The van der Waals surface area contributed by atoms with Crippen molar-refractivity contribution in [2.75, 3.05) is 26.3 Å². The van der Waals surface area contributed by atoms with Gasteiger partial charge in [-0.15, -0.1) is 0 Å². The number of fused-ring (bicyclic) bond motifs is 2. The van der Waals surface area contributed by atoms with E-state index < -0.39 is 60.8 Å². The summed E-state index contributed by atoms with van der Waals surface area (Å²) in [6.07, 6.45) is -3.71. The third-order valence-electron chi connectivity index (χ3n) is 6.33. The van der Waals surface area contributed by atoms with Gasteiger partial charge in [0.2, 0.25) is 0 Å². The van der Waals surface area contributed by atoms with Gasteiger partial charge in [0.25, 0.3) is 0 Å². The minimum absolute atomic E-state index is 0.179. The predicted molar refractivity (Wildman–Crippen MR) is 88.0 cm³/mol. The highest BCUT2D eigenvalue weighted by Gasteiger charge is 2.53. The van der Waals surface area contributed by atoms with Crippen LogP contribution in [0.1, 0.15) is 12.8 Å². The summed E-state index contributed by atoms with van der Waals surface area (Å²) in [6, 6.07) is -1.63. The Kier molecular flexibility index (Phi) is 6.19. The summed E-state index contributed by atoms with van der Waals surface area (Å²) in [6.45, 7) is 0.902. The van der Waals surface area contributed by atoms with Crippen LogP contribution in [0, 0.1) is 0 Å². The molecule has 0 saturated carbocycles. The maximum atomic E-state index is 9.58. The Morgan fingerprint density at radius 2 is 0.923 bits per heavy atom. The number of rotatable bonds is 2. The first-order valence-corrected chi connectivity index (χ1v) is 9.15. The van der Waals surface area contributed by atoms with E-state index in [9.17, 15) is 30.6 Å². The summed E-state index contributed by atoms with van der Waals surface area (Å²) in [5.74, 6) is 0. The van der Waals surface area contributed by atoms with E-state index in [1.807, 2.05) is 0 Å². The van der Waals surface area contributed by atoms with Crippen LogP contribution in [-0.4, -0.2) is 138 Å². The van der Waals surface area contributed by atoms with Gasteiger partial charge in [-0.1, -0.05) is 0 Å². The third-order valence-corrected chi connectivity index (χ3v) is 6.33. The van der Waals surface area contributed by atoms with E-state index in [4.69, 9.17) is 10.2 Å². The lowest BCUT2D eigenvalue weighted by molar-refractivity contribution is -0.000914. The molecule has 0 radical (unpaired) electrons. The lowest BCUT2D eigenvalue weighted by Crippen LogP contribution is -2.39. The molecule has 10 atom stereocenters. The second-order valence-electron chi connectivity index (χ2n) is 7.63. The lowest BCUT2D eigenvalue weighted by Gasteiger charge is -2.22. The van der Waals surface area contributed by atoms with Gasteiger partial charge in [-0.05, 0) is 12.8 Å². The lowest BCUT2D eigenvalue weighted by atomic mass is 10.0. The van der Waals surface area contributed by atoms with Gasteiger partial charge in [0, 0.05) is 13.1 Å². The van der Waals surface area contributed by atoms with E-state index in [1.54, 1.807) is 9.80 Å². The molecule has 0 aromatic carbocycles. The van der Waals surface area contributed by atoms with Crippen molar-refractivity contribution in [1.82, 2.24) is 9.80 Å². The van der Waals surface area contributed by atoms with Crippen LogP contribution in [0.15, 0.2) is 0 Å². The fourth-order valence-electron chi connectivity index (χ4n) is 4.94. The topological polar surface area (TPSA) is 168 Å². The van der Waals surface area contributed by atoms with E-state index in [-0.39, 0.29) is 13.2 Å². The van der Waals surface area contributed by atoms with Crippen LogP contribution in [0.4, 0.5) is 0 Å². The first-order chi connectivity index (χ1) is 12.3. The van der Waals surface area contributed by atoms with Crippen LogP contribution in [0.2, 0.25) is 0 Å². The Bertz CT molecular complexity index is 443. The number of nitrogens with zero attached hydrogens (tertiary/aromatic N) is 2. The highest BCUT2D eigenvalue weighted by Crippen LogP contribution is 2.34. The van der Waals surface area contributed by atoms with Crippen molar-refractivity contribution in [3.05, 3.63) is 0 Å². The average Bonchev–Trinajstić information content (AvgIpc) is 3.30. The molecule has 0 amide bonds. The van der Waals surface area contributed by atoms with Gasteiger partial charge >= 0.3 is 0 Å². The smallest absolute Gasteiger partial charge is 0.0995 e. The number of aliphatic hydroxyl groups is 8. The number of hydrogen-bond acceptors (Lipinski definition) is 10. The third kappa shape index (κ3) is 3.18. The molecule has 4 saturated heterocycles. The van der Waals surface area contributed by atoms with Crippen molar-refractivity contribution in [2.24, 2.45) is 0 Å².